The van der Waals surface area contributed by atoms with Gasteiger partial charge in [-0.1, -0.05) is 56.3 Å². The number of rotatable bonds is 8. The van der Waals surface area contributed by atoms with Gasteiger partial charge in [0.05, 0.1) is 12.6 Å². The number of anilines is 1. The molecule has 174 valence electrons. The van der Waals surface area contributed by atoms with Gasteiger partial charge in [-0.05, 0) is 49.9 Å². The normalized spacial score (nSPS) is 12.0. The molecule has 0 aliphatic rings. The highest BCUT2D eigenvalue weighted by Crippen LogP contribution is 2.20. The van der Waals surface area contributed by atoms with Gasteiger partial charge in [0.2, 0.25) is 0 Å². The third kappa shape index (κ3) is 6.65. The van der Waals surface area contributed by atoms with Crippen molar-refractivity contribution in [2.45, 2.75) is 59.2 Å². The van der Waals surface area contributed by atoms with Crippen LogP contribution in [0.3, 0.4) is 0 Å². The average Bonchev–Trinajstić information content (AvgIpc) is 3.27. The van der Waals surface area contributed by atoms with Crippen molar-refractivity contribution in [3.63, 3.8) is 0 Å². The second kappa shape index (κ2) is 11.1. The summed E-state index contributed by atoms with van der Waals surface area (Å²) in [7, 11) is 0. The van der Waals surface area contributed by atoms with Gasteiger partial charge in [-0.25, -0.2) is 9.78 Å². The van der Waals surface area contributed by atoms with Crippen LogP contribution in [-0.2, 0) is 6.54 Å². The van der Waals surface area contributed by atoms with Gasteiger partial charge < -0.3 is 15.5 Å². The van der Waals surface area contributed by atoms with E-state index in [9.17, 15) is 9.59 Å². The molecular formula is C26H32N4O2S. The second-order valence-electron chi connectivity index (χ2n) is 8.66. The van der Waals surface area contributed by atoms with E-state index in [0.717, 1.165) is 11.3 Å². The number of nitrogens with zero attached hydrogens (tertiary/aromatic N) is 2. The maximum atomic E-state index is 12.9. The van der Waals surface area contributed by atoms with Gasteiger partial charge in [0, 0.05) is 17.1 Å². The molecule has 1 atom stereocenters. The fourth-order valence-corrected chi connectivity index (χ4v) is 4.14. The summed E-state index contributed by atoms with van der Waals surface area (Å²) < 4.78 is 0. The first-order valence-electron chi connectivity index (χ1n) is 11.2. The van der Waals surface area contributed by atoms with Crippen LogP contribution in [0.5, 0.6) is 0 Å². The largest absolute Gasteiger partial charge is 0.344 e. The lowest BCUT2D eigenvalue weighted by molar-refractivity contribution is 0.0935. The van der Waals surface area contributed by atoms with Crippen LogP contribution in [0.1, 0.15) is 73.2 Å². The third-order valence-corrected chi connectivity index (χ3v) is 6.28. The van der Waals surface area contributed by atoms with Crippen molar-refractivity contribution in [1.82, 2.24) is 15.2 Å². The molecule has 3 aromatic rings. The summed E-state index contributed by atoms with van der Waals surface area (Å²) >= 11 is 1.38. The average molecular weight is 465 g/mol. The number of aromatic nitrogens is 1. The second-order valence-corrected chi connectivity index (χ2v) is 9.60. The van der Waals surface area contributed by atoms with Gasteiger partial charge in [0.15, 0.2) is 0 Å². The topological polar surface area (TPSA) is 74.3 Å². The van der Waals surface area contributed by atoms with Crippen molar-refractivity contribution < 1.29 is 9.59 Å². The summed E-state index contributed by atoms with van der Waals surface area (Å²) in [6.07, 6.45) is 0. The Balaban J connectivity index is 1.63. The molecule has 0 radical (unpaired) electrons. The number of urea groups is 1. The number of benzene rings is 2. The summed E-state index contributed by atoms with van der Waals surface area (Å²) in [4.78, 5) is 31.8. The maximum absolute atomic E-state index is 12.9. The standard InChI is InChI=1S/C26H32N4O2S/c1-17(2)20-11-13-22(14-12-20)28-26(32)30(18(3)4)15-24-29-23(16-33-24)25(31)27-19(5)21-9-7-6-8-10-21/h6-14,16-19H,15H2,1-5H3,(H,27,31)(H,28,32). The first kappa shape index (κ1) is 24.5. The SMILES string of the molecule is CC(C)c1ccc(NC(=O)N(Cc2nc(C(=O)NC(C)c3ccccc3)cs2)C(C)C)cc1. The summed E-state index contributed by atoms with van der Waals surface area (Å²) in [5.74, 6) is 0.216. The molecule has 0 saturated heterocycles. The zero-order valence-electron chi connectivity index (χ0n) is 19.8. The van der Waals surface area contributed by atoms with Crippen molar-refractivity contribution in [2.24, 2.45) is 0 Å². The molecule has 0 bridgehead atoms. The van der Waals surface area contributed by atoms with Crippen molar-refractivity contribution in [1.29, 1.82) is 0 Å². The van der Waals surface area contributed by atoms with Crippen LogP contribution >= 0.6 is 11.3 Å². The van der Waals surface area contributed by atoms with Gasteiger partial charge in [0.25, 0.3) is 5.91 Å². The van der Waals surface area contributed by atoms with Crippen molar-refractivity contribution in [3.05, 3.63) is 81.8 Å². The predicted molar refractivity (Wildman–Crippen MR) is 135 cm³/mol. The van der Waals surface area contributed by atoms with E-state index in [2.05, 4.69) is 29.5 Å². The zero-order chi connectivity index (χ0) is 24.0. The van der Waals surface area contributed by atoms with Crippen LogP contribution in [0.4, 0.5) is 10.5 Å². The van der Waals surface area contributed by atoms with Crippen LogP contribution in [0.25, 0.3) is 0 Å². The number of nitrogens with one attached hydrogen (secondary N) is 2. The lowest BCUT2D eigenvalue weighted by Crippen LogP contribution is -2.39. The number of amides is 3. The minimum Gasteiger partial charge on any atom is -0.344 e. The summed E-state index contributed by atoms with van der Waals surface area (Å²) in [5, 5.41) is 8.40. The molecule has 1 heterocycles. The highest BCUT2D eigenvalue weighted by atomic mass is 32.1. The minimum absolute atomic E-state index is 0.0285. The molecule has 6 nitrogen and oxygen atoms in total. The van der Waals surface area contributed by atoms with Crippen molar-refractivity contribution in [3.8, 4) is 0 Å². The Morgan fingerprint density at radius 2 is 1.61 bits per heavy atom. The lowest BCUT2D eigenvalue weighted by atomic mass is 10.0. The zero-order valence-corrected chi connectivity index (χ0v) is 20.6. The minimum atomic E-state index is -0.223. The van der Waals surface area contributed by atoms with E-state index < -0.39 is 0 Å². The van der Waals surface area contributed by atoms with Crippen molar-refractivity contribution >= 4 is 29.0 Å². The van der Waals surface area contributed by atoms with Crippen LogP contribution in [0.2, 0.25) is 0 Å². The molecule has 1 unspecified atom stereocenters. The van der Waals surface area contributed by atoms with Gasteiger partial charge in [-0.15, -0.1) is 11.3 Å². The lowest BCUT2D eigenvalue weighted by Gasteiger charge is -2.26. The monoisotopic (exact) mass is 464 g/mol. The summed E-state index contributed by atoms with van der Waals surface area (Å²) in [6, 6.07) is 17.4. The maximum Gasteiger partial charge on any atom is 0.322 e. The van der Waals surface area contributed by atoms with Gasteiger partial charge in [0.1, 0.15) is 10.7 Å². The third-order valence-electron chi connectivity index (χ3n) is 5.45. The van der Waals surface area contributed by atoms with E-state index in [1.807, 2.05) is 75.4 Å². The van der Waals surface area contributed by atoms with E-state index in [1.165, 1.54) is 16.9 Å². The molecule has 0 spiro atoms. The van der Waals surface area contributed by atoms with Crippen LogP contribution in [-0.4, -0.2) is 27.9 Å². The van der Waals surface area contributed by atoms with Crippen LogP contribution < -0.4 is 10.6 Å². The predicted octanol–water partition coefficient (Wildman–Crippen LogP) is 6.20. The molecule has 1 aromatic heterocycles. The fraction of sp³-hybridized carbons (Fsp3) is 0.346. The van der Waals surface area contributed by atoms with E-state index in [4.69, 9.17) is 0 Å². The van der Waals surface area contributed by atoms with Gasteiger partial charge >= 0.3 is 6.03 Å². The van der Waals surface area contributed by atoms with Gasteiger partial charge in [-0.3, -0.25) is 4.79 Å². The first-order chi connectivity index (χ1) is 15.7. The Morgan fingerprint density at radius 3 is 2.21 bits per heavy atom. The Morgan fingerprint density at radius 1 is 0.939 bits per heavy atom. The molecule has 3 rings (SSSR count). The Bertz CT molecular complexity index is 1060. The number of hydrogen-bond donors (Lipinski definition) is 2. The molecule has 0 fully saturated rings. The van der Waals surface area contributed by atoms with E-state index in [0.29, 0.717) is 23.2 Å². The van der Waals surface area contributed by atoms with Crippen molar-refractivity contribution in [2.75, 3.05) is 5.32 Å². The number of carbonyl (C=O) groups is 2. The molecule has 33 heavy (non-hydrogen) atoms. The number of carbonyl (C=O) groups excluding carboxylic acids is 2. The van der Waals surface area contributed by atoms with Gasteiger partial charge in [-0.2, -0.15) is 0 Å². The molecule has 3 amide bonds. The molecule has 7 heteroatoms. The quantitative estimate of drug-likeness (QED) is 0.417. The van der Waals surface area contributed by atoms with E-state index >= 15 is 0 Å². The summed E-state index contributed by atoms with van der Waals surface area (Å²) in [6.45, 7) is 10.5. The van der Waals surface area contributed by atoms with E-state index in [-0.39, 0.29) is 24.0 Å². The summed E-state index contributed by atoms with van der Waals surface area (Å²) in [5.41, 5.74) is 3.38. The molecule has 0 saturated carbocycles. The molecule has 0 aliphatic heterocycles. The highest BCUT2D eigenvalue weighted by molar-refractivity contribution is 7.09. The molecule has 2 N–H and O–H groups in total. The smallest absolute Gasteiger partial charge is 0.322 e. The number of hydrogen-bond acceptors (Lipinski definition) is 4. The van der Waals surface area contributed by atoms with Crippen LogP contribution in [0.15, 0.2) is 60.0 Å². The van der Waals surface area contributed by atoms with Crippen LogP contribution in [0, 0.1) is 0 Å². The molecule has 0 aliphatic carbocycles. The Kier molecular flexibility index (Phi) is 8.22. The first-order valence-corrected chi connectivity index (χ1v) is 12.1. The number of thiazole rings is 1. The Labute approximate surface area is 200 Å². The molecular weight excluding hydrogens is 432 g/mol. The Hall–Kier alpha value is -3.19. The van der Waals surface area contributed by atoms with E-state index in [1.54, 1.807) is 10.3 Å². The fourth-order valence-electron chi connectivity index (χ4n) is 3.36. The molecule has 2 aromatic carbocycles. The highest BCUT2D eigenvalue weighted by Gasteiger charge is 2.21.